The number of nitrogens with one attached hydrogen (secondary N) is 1. The van der Waals surface area contributed by atoms with Crippen LogP contribution < -0.4 is 5.32 Å². The largest absolute Gasteiger partial charge is 0.393 e. The highest BCUT2D eigenvalue weighted by molar-refractivity contribution is 7.53. The average Bonchev–Trinajstić information content (AvgIpc) is 3.55. The summed E-state index contributed by atoms with van der Waals surface area (Å²) in [5, 5.41) is 36.9. The standard InChI is InChI=1S/C20H31ClN5O9P/c1-33-7-6-20(10-27,36(30,31)32)34-9-13-14(28)15(29)18(35-13)26-17-12(8-22-26)16(24-19(21)25-17)23-11-4-2-3-5-11/h8,11,13-15,18,27-29H,2-7,9-10H2,1H3,(H,23,24,25)(H2,30,31,32)/t13-,14-,15-,18-,20-/m1/s1. The lowest BCUT2D eigenvalue weighted by Crippen LogP contribution is -2.42. The van der Waals surface area contributed by atoms with Gasteiger partial charge in [0.25, 0.3) is 0 Å². The number of nitrogens with zero attached hydrogens (tertiary/aromatic N) is 4. The molecule has 0 unspecified atom stereocenters. The summed E-state index contributed by atoms with van der Waals surface area (Å²) < 4.78 is 29.5. The molecule has 4 rings (SSSR count). The van der Waals surface area contributed by atoms with Gasteiger partial charge in [0.15, 0.2) is 17.2 Å². The van der Waals surface area contributed by atoms with Gasteiger partial charge in [0, 0.05) is 26.2 Å². The van der Waals surface area contributed by atoms with E-state index in [1.54, 1.807) is 0 Å². The summed E-state index contributed by atoms with van der Waals surface area (Å²) in [6.07, 6.45) is 0.0814. The van der Waals surface area contributed by atoms with Crippen LogP contribution in [0.5, 0.6) is 0 Å². The van der Waals surface area contributed by atoms with Gasteiger partial charge in [-0.25, -0.2) is 4.68 Å². The molecular formula is C20H31ClN5O9P. The number of aliphatic hydroxyl groups excluding tert-OH is 3. The molecule has 1 aliphatic heterocycles. The Hall–Kier alpha value is -1.45. The van der Waals surface area contributed by atoms with Crippen molar-refractivity contribution in [2.45, 2.75) is 68.0 Å². The van der Waals surface area contributed by atoms with Crippen LogP contribution >= 0.6 is 19.2 Å². The first-order chi connectivity index (χ1) is 17.1. The number of fused-ring (bicyclic) bond motifs is 1. The molecule has 14 nitrogen and oxygen atoms in total. The van der Waals surface area contributed by atoms with E-state index < -0.39 is 50.7 Å². The summed E-state index contributed by atoms with van der Waals surface area (Å²) in [6, 6.07) is 0.248. The van der Waals surface area contributed by atoms with Gasteiger partial charge in [0.05, 0.1) is 24.8 Å². The zero-order chi connectivity index (χ0) is 26.1. The predicted octanol–water partition coefficient (Wildman–Crippen LogP) is 0.373. The minimum absolute atomic E-state index is 0.0369. The lowest BCUT2D eigenvalue weighted by Gasteiger charge is -2.33. The number of aliphatic hydroxyl groups is 3. The molecule has 0 bridgehead atoms. The van der Waals surface area contributed by atoms with E-state index in [9.17, 15) is 29.7 Å². The van der Waals surface area contributed by atoms with Crippen molar-refractivity contribution in [1.82, 2.24) is 19.7 Å². The Labute approximate surface area is 211 Å². The third-order valence-corrected chi connectivity index (χ3v) is 8.42. The second kappa shape index (κ2) is 11.1. The average molecular weight is 552 g/mol. The first-order valence-electron chi connectivity index (χ1n) is 11.6. The first kappa shape index (κ1) is 27.6. The lowest BCUT2D eigenvalue weighted by atomic mass is 10.1. The number of aromatic nitrogens is 4. The summed E-state index contributed by atoms with van der Waals surface area (Å²) >= 11 is 6.16. The number of methoxy groups -OCH3 is 1. The molecule has 36 heavy (non-hydrogen) atoms. The van der Waals surface area contributed by atoms with Gasteiger partial charge in [-0.1, -0.05) is 12.8 Å². The van der Waals surface area contributed by atoms with Crippen molar-refractivity contribution in [3.8, 4) is 0 Å². The molecule has 202 valence electrons. The highest BCUT2D eigenvalue weighted by Gasteiger charge is 2.51. The third kappa shape index (κ3) is 5.39. The summed E-state index contributed by atoms with van der Waals surface area (Å²) in [5.74, 6) is 0.503. The van der Waals surface area contributed by atoms with E-state index in [0.29, 0.717) is 11.2 Å². The van der Waals surface area contributed by atoms with E-state index in [2.05, 4.69) is 20.4 Å². The van der Waals surface area contributed by atoms with Crippen molar-refractivity contribution in [2.75, 3.05) is 32.2 Å². The molecule has 2 aromatic rings. The van der Waals surface area contributed by atoms with Gasteiger partial charge >= 0.3 is 7.60 Å². The Morgan fingerprint density at radius 2 is 2.00 bits per heavy atom. The normalized spacial score (nSPS) is 27.1. The second-order valence-electron chi connectivity index (χ2n) is 9.04. The van der Waals surface area contributed by atoms with Gasteiger partial charge in [-0.15, -0.1) is 0 Å². The van der Waals surface area contributed by atoms with E-state index >= 15 is 0 Å². The van der Waals surface area contributed by atoms with Gasteiger partial charge in [-0.3, -0.25) is 4.57 Å². The quantitative estimate of drug-likeness (QED) is 0.165. The molecule has 5 atom stereocenters. The Morgan fingerprint density at radius 3 is 2.64 bits per heavy atom. The van der Waals surface area contributed by atoms with Gasteiger partial charge in [-0.2, -0.15) is 15.1 Å². The number of rotatable bonds is 11. The number of hydrogen-bond donors (Lipinski definition) is 6. The zero-order valence-corrected chi connectivity index (χ0v) is 21.3. The van der Waals surface area contributed by atoms with E-state index in [-0.39, 0.29) is 30.0 Å². The maximum Gasteiger partial charge on any atom is 0.359 e. The minimum Gasteiger partial charge on any atom is -0.393 e. The molecule has 0 radical (unpaired) electrons. The highest BCUT2D eigenvalue weighted by atomic mass is 35.5. The van der Waals surface area contributed by atoms with E-state index in [1.807, 2.05) is 0 Å². The van der Waals surface area contributed by atoms with E-state index in [0.717, 1.165) is 25.7 Å². The number of hydrogen-bond acceptors (Lipinski definition) is 11. The third-order valence-electron chi connectivity index (χ3n) is 6.69. The maximum atomic E-state index is 12.1. The fraction of sp³-hybridized carbons (Fsp3) is 0.750. The molecule has 2 fully saturated rings. The Balaban J connectivity index is 1.54. The molecule has 16 heteroatoms. The van der Waals surface area contributed by atoms with Crippen LogP contribution in [0.4, 0.5) is 5.82 Å². The molecule has 6 N–H and O–H groups in total. The predicted molar refractivity (Wildman–Crippen MR) is 126 cm³/mol. The Kier molecular flexibility index (Phi) is 8.52. The van der Waals surface area contributed by atoms with Crippen molar-refractivity contribution in [1.29, 1.82) is 0 Å². The fourth-order valence-electron chi connectivity index (χ4n) is 4.55. The highest BCUT2D eigenvalue weighted by Crippen LogP contribution is 2.53. The van der Waals surface area contributed by atoms with E-state index in [1.165, 1.54) is 18.0 Å². The number of anilines is 1. The zero-order valence-electron chi connectivity index (χ0n) is 19.6. The maximum absolute atomic E-state index is 12.1. The Bertz CT molecular complexity index is 1100. The summed E-state index contributed by atoms with van der Waals surface area (Å²) in [6.45, 7) is -1.62. The van der Waals surface area contributed by atoms with Crippen molar-refractivity contribution in [3.05, 3.63) is 11.5 Å². The van der Waals surface area contributed by atoms with Gasteiger partial charge in [0.1, 0.15) is 24.1 Å². The van der Waals surface area contributed by atoms with Crippen LogP contribution in [0.3, 0.4) is 0 Å². The smallest absolute Gasteiger partial charge is 0.359 e. The summed E-state index contributed by atoms with van der Waals surface area (Å²) in [4.78, 5) is 28.1. The molecule has 1 aliphatic carbocycles. The van der Waals surface area contributed by atoms with Crippen molar-refractivity contribution in [2.24, 2.45) is 0 Å². The molecule has 1 saturated carbocycles. The second-order valence-corrected chi connectivity index (χ2v) is 11.3. The van der Waals surface area contributed by atoms with Crippen LogP contribution in [0, 0.1) is 0 Å². The van der Waals surface area contributed by atoms with Crippen molar-refractivity contribution in [3.63, 3.8) is 0 Å². The first-order valence-corrected chi connectivity index (χ1v) is 13.6. The van der Waals surface area contributed by atoms with Crippen molar-refractivity contribution < 1.29 is 43.9 Å². The van der Waals surface area contributed by atoms with Crippen molar-refractivity contribution >= 4 is 36.0 Å². The number of ether oxygens (including phenoxy) is 3. The molecule has 2 aliphatic rings. The lowest BCUT2D eigenvalue weighted by molar-refractivity contribution is -0.115. The van der Waals surface area contributed by atoms with Crippen LogP contribution in [-0.4, -0.2) is 101 Å². The fourth-order valence-corrected chi connectivity index (χ4v) is 5.52. The van der Waals surface area contributed by atoms with Crippen LogP contribution in [0.2, 0.25) is 5.28 Å². The van der Waals surface area contributed by atoms with Crippen LogP contribution in [0.25, 0.3) is 11.0 Å². The summed E-state index contributed by atoms with van der Waals surface area (Å²) in [7, 11) is -3.62. The van der Waals surface area contributed by atoms with Gasteiger partial charge in [-0.05, 0) is 24.4 Å². The van der Waals surface area contributed by atoms with Gasteiger partial charge in [0.2, 0.25) is 5.28 Å². The molecule has 0 aromatic carbocycles. The van der Waals surface area contributed by atoms with Crippen LogP contribution in [-0.2, 0) is 18.8 Å². The van der Waals surface area contributed by atoms with Gasteiger partial charge < -0.3 is 44.6 Å². The Morgan fingerprint density at radius 1 is 1.28 bits per heavy atom. The molecule has 2 aromatic heterocycles. The monoisotopic (exact) mass is 551 g/mol. The summed E-state index contributed by atoms with van der Waals surface area (Å²) in [5.41, 5.74) is 0.272. The van der Waals surface area contributed by atoms with E-state index in [4.69, 9.17) is 25.8 Å². The topological polar surface area (TPSA) is 202 Å². The molecule has 3 heterocycles. The van der Waals surface area contributed by atoms with Crippen LogP contribution in [0.1, 0.15) is 38.3 Å². The molecule has 0 spiro atoms. The molecule has 1 saturated heterocycles. The SMILES string of the molecule is COCC[C@@](CO)(OC[C@H]1O[C@@H](n2ncc3c(NC4CCCC4)nc(Cl)nc32)[C@H](O)[C@@H]1O)P(=O)(O)O. The molecular weight excluding hydrogens is 521 g/mol. The minimum atomic E-state index is -4.96. The molecule has 0 amide bonds. The van der Waals surface area contributed by atoms with Crippen LogP contribution in [0.15, 0.2) is 6.20 Å². The number of halogens is 1.